The Morgan fingerprint density at radius 1 is 1.50 bits per heavy atom. The fourth-order valence-electron chi connectivity index (χ4n) is 3.01. The molecule has 1 amide bonds. The van der Waals surface area contributed by atoms with Gasteiger partial charge in [-0.1, -0.05) is 11.6 Å². The summed E-state index contributed by atoms with van der Waals surface area (Å²) in [5.74, 6) is 0.109. The summed E-state index contributed by atoms with van der Waals surface area (Å²) >= 11 is 0. The minimum atomic E-state index is -1.05. The van der Waals surface area contributed by atoms with Crippen molar-refractivity contribution in [1.82, 2.24) is 20.3 Å². The zero-order chi connectivity index (χ0) is 14.0. The van der Waals surface area contributed by atoms with E-state index < -0.39 is 5.60 Å². The molecule has 1 aliphatic heterocycles. The molecule has 108 valence electrons. The van der Waals surface area contributed by atoms with Gasteiger partial charge >= 0.3 is 0 Å². The number of hydrogen-bond acceptors (Lipinski definition) is 4. The van der Waals surface area contributed by atoms with Crippen molar-refractivity contribution < 1.29 is 9.90 Å². The van der Waals surface area contributed by atoms with Gasteiger partial charge in [0.2, 0.25) is 5.91 Å². The van der Waals surface area contributed by atoms with Crippen molar-refractivity contribution in [3.63, 3.8) is 0 Å². The Morgan fingerprint density at radius 2 is 2.40 bits per heavy atom. The first-order valence-electron chi connectivity index (χ1n) is 7.22. The number of likely N-dealkylation sites (tertiary alicyclic amines) is 1. The number of hydrogen-bond donors (Lipinski definition) is 2. The quantitative estimate of drug-likeness (QED) is 0.810. The Labute approximate surface area is 117 Å². The smallest absolute Gasteiger partial charge is 0.226 e. The maximum Gasteiger partial charge on any atom is 0.226 e. The predicted octanol–water partition coefficient (Wildman–Crippen LogP) is 1.12. The highest BCUT2D eigenvalue weighted by molar-refractivity contribution is 5.79. The molecule has 20 heavy (non-hydrogen) atoms. The highest BCUT2D eigenvalue weighted by Crippen LogP contribution is 2.31. The summed E-state index contributed by atoms with van der Waals surface area (Å²) in [6.45, 7) is 0.890. The Hall–Kier alpha value is -1.69. The molecule has 1 atom stereocenters. The van der Waals surface area contributed by atoms with Crippen molar-refractivity contribution in [2.45, 2.75) is 44.1 Å². The molecule has 3 rings (SSSR count). The molecule has 1 aromatic heterocycles. The molecule has 2 heterocycles. The van der Waals surface area contributed by atoms with E-state index in [0.717, 1.165) is 12.8 Å². The first-order chi connectivity index (χ1) is 9.67. The predicted molar refractivity (Wildman–Crippen MR) is 72.6 cm³/mol. The second kappa shape index (κ2) is 5.36. The highest BCUT2D eigenvalue weighted by Gasteiger charge is 2.41. The zero-order valence-electron chi connectivity index (χ0n) is 11.5. The second-order valence-electron chi connectivity index (χ2n) is 5.74. The summed E-state index contributed by atoms with van der Waals surface area (Å²) in [4.78, 5) is 14.0. The number of aromatic nitrogens is 3. The molecule has 6 heteroatoms. The van der Waals surface area contributed by atoms with Gasteiger partial charge in [-0.05, 0) is 25.7 Å². The zero-order valence-corrected chi connectivity index (χ0v) is 11.5. The number of nitrogens with zero attached hydrogens (tertiary/aromatic N) is 3. The maximum absolute atomic E-state index is 12.3. The molecular weight excluding hydrogens is 256 g/mol. The Morgan fingerprint density at radius 3 is 3.10 bits per heavy atom. The van der Waals surface area contributed by atoms with Gasteiger partial charge in [-0.3, -0.25) is 4.79 Å². The number of aromatic amines is 1. The summed E-state index contributed by atoms with van der Waals surface area (Å²) in [6.07, 6.45) is 9.27. The molecule has 2 N–H and O–H groups in total. The van der Waals surface area contributed by atoms with Crippen LogP contribution in [0.4, 0.5) is 0 Å². The summed E-state index contributed by atoms with van der Waals surface area (Å²) in [6, 6.07) is 0. The molecule has 1 aromatic rings. The van der Waals surface area contributed by atoms with Gasteiger partial charge in [0.1, 0.15) is 11.3 Å². The molecule has 2 aliphatic rings. The topological polar surface area (TPSA) is 82.1 Å². The highest BCUT2D eigenvalue weighted by atomic mass is 16.3. The van der Waals surface area contributed by atoms with Gasteiger partial charge in [-0.2, -0.15) is 15.4 Å². The van der Waals surface area contributed by atoms with Crippen molar-refractivity contribution >= 4 is 5.91 Å². The lowest BCUT2D eigenvalue weighted by Gasteiger charge is -2.22. The van der Waals surface area contributed by atoms with Crippen LogP contribution in [0.2, 0.25) is 0 Å². The summed E-state index contributed by atoms with van der Waals surface area (Å²) in [5.41, 5.74) is 0.715. The van der Waals surface area contributed by atoms with Crippen LogP contribution in [0.5, 0.6) is 0 Å². The van der Waals surface area contributed by atoms with E-state index in [9.17, 15) is 9.90 Å². The largest absolute Gasteiger partial charge is 0.381 e. The summed E-state index contributed by atoms with van der Waals surface area (Å²) in [5, 5.41) is 20.7. The van der Waals surface area contributed by atoms with Crippen molar-refractivity contribution in [1.29, 1.82) is 0 Å². The number of nitrogens with one attached hydrogen (secondary N) is 1. The first-order valence-corrected chi connectivity index (χ1v) is 7.22. The Kier molecular flexibility index (Phi) is 3.56. The third-order valence-corrected chi connectivity index (χ3v) is 4.26. The molecule has 0 aromatic carbocycles. The average molecular weight is 276 g/mol. The Bertz CT molecular complexity index is 511. The van der Waals surface area contributed by atoms with Crippen LogP contribution in [0.3, 0.4) is 0 Å². The normalized spacial score (nSPS) is 26.6. The van der Waals surface area contributed by atoms with Crippen LogP contribution < -0.4 is 0 Å². The number of carbonyl (C=O) groups is 1. The summed E-state index contributed by atoms with van der Waals surface area (Å²) < 4.78 is 0. The van der Waals surface area contributed by atoms with Gasteiger partial charge < -0.3 is 10.0 Å². The van der Waals surface area contributed by atoms with Crippen molar-refractivity contribution in [3.05, 3.63) is 23.5 Å². The number of carbonyl (C=O) groups excluding carboxylic acids is 1. The van der Waals surface area contributed by atoms with Crippen molar-refractivity contribution in [2.24, 2.45) is 0 Å². The van der Waals surface area contributed by atoms with E-state index in [4.69, 9.17) is 0 Å². The summed E-state index contributed by atoms with van der Waals surface area (Å²) in [7, 11) is 0. The molecule has 6 nitrogen and oxygen atoms in total. The van der Waals surface area contributed by atoms with E-state index in [1.165, 1.54) is 24.6 Å². The molecule has 0 bridgehead atoms. The van der Waals surface area contributed by atoms with Crippen LogP contribution in [-0.2, 0) is 10.4 Å². The Balaban J connectivity index is 1.62. The number of amides is 1. The molecule has 0 radical (unpaired) electrons. The number of β-amino-alcohol motifs (C(OH)–C–C–N with tert-alkyl or cyclic N) is 1. The standard InChI is InChI=1S/C14H20N4O2/c19-13(8-11-4-2-1-3-5-11)18-7-6-14(20,10-18)12-9-15-17-16-12/h4,9,20H,1-3,5-8,10H2,(H,15,16,17)/t14-/m1/s1. The van der Waals surface area contributed by atoms with E-state index in [0.29, 0.717) is 31.6 Å². The number of H-pyrrole nitrogens is 1. The molecule has 1 fully saturated rings. The number of rotatable bonds is 3. The average Bonchev–Trinajstić information content (AvgIpc) is 3.10. The van der Waals surface area contributed by atoms with Crippen LogP contribution in [0.15, 0.2) is 17.8 Å². The number of allylic oxidation sites excluding steroid dienone is 1. The minimum Gasteiger partial charge on any atom is -0.381 e. The van der Waals surface area contributed by atoms with E-state index in [-0.39, 0.29) is 5.91 Å². The number of aliphatic hydroxyl groups is 1. The molecule has 0 unspecified atom stereocenters. The van der Waals surface area contributed by atoms with E-state index in [1.54, 1.807) is 4.90 Å². The van der Waals surface area contributed by atoms with Crippen LogP contribution in [-0.4, -0.2) is 44.4 Å². The molecule has 0 saturated carbocycles. The lowest BCUT2D eigenvalue weighted by molar-refractivity contribution is -0.130. The lowest BCUT2D eigenvalue weighted by atomic mass is 9.97. The van der Waals surface area contributed by atoms with Gasteiger partial charge in [-0.25, -0.2) is 0 Å². The third-order valence-electron chi connectivity index (χ3n) is 4.26. The molecule has 1 aliphatic carbocycles. The van der Waals surface area contributed by atoms with Gasteiger partial charge in [-0.15, -0.1) is 0 Å². The van der Waals surface area contributed by atoms with Crippen LogP contribution in [0, 0.1) is 0 Å². The van der Waals surface area contributed by atoms with Crippen molar-refractivity contribution in [2.75, 3.05) is 13.1 Å². The van der Waals surface area contributed by atoms with Crippen LogP contribution in [0.1, 0.15) is 44.2 Å². The van der Waals surface area contributed by atoms with Crippen LogP contribution in [0.25, 0.3) is 0 Å². The van der Waals surface area contributed by atoms with Gasteiger partial charge in [0.05, 0.1) is 12.7 Å². The van der Waals surface area contributed by atoms with Crippen LogP contribution >= 0.6 is 0 Å². The minimum absolute atomic E-state index is 0.109. The van der Waals surface area contributed by atoms with Gasteiger partial charge in [0.15, 0.2) is 0 Å². The molecule has 1 saturated heterocycles. The lowest BCUT2D eigenvalue weighted by Crippen LogP contribution is -2.34. The molecule has 0 spiro atoms. The first kappa shape index (κ1) is 13.3. The maximum atomic E-state index is 12.3. The monoisotopic (exact) mass is 276 g/mol. The van der Waals surface area contributed by atoms with E-state index in [1.807, 2.05) is 0 Å². The SMILES string of the molecule is O=C(CC1=CCCCC1)N1CC[C@](O)(c2cn[nH]n2)C1. The fourth-order valence-corrected chi connectivity index (χ4v) is 3.01. The van der Waals surface area contributed by atoms with Crippen molar-refractivity contribution in [3.8, 4) is 0 Å². The fraction of sp³-hybridized carbons (Fsp3) is 0.643. The van der Waals surface area contributed by atoms with E-state index >= 15 is 0 Å². The second-order valence-corrected chi connectivity index (χ2v) is 5.74. The van der Waals surface area contributed by atoms with Gasteiger partial charge in [0, 0.05) is 19.4 Å². The van der Waals surface area contributed by atoms with Gasteiger partial charge in [0.25, 0.3) is 0 Å². The molecular formula is C14H20N4O2. The van der Waals surface area contributed by atoms with E-state index in [2.05, 4.69) is 21.5 Å². The third kappa shape index (κ3) is 2.60.